The number of rotatable bonds is 4. The van der Waals surface area contributed by atoms with Crippen molar-refractivity contribution in [3.05, 3.63) is 33.9 Å². The molecule has 1 amide bonds. The number of anilines is 1. The highest BCUT2D eigenvalue weighted by molar-refractivity contribution is 6.08. The topological polar surface area (TPSA) is 84.5 Å². The van der Waals surface area contributed by atoms with Crippen LogP contribution in [0.4, 0.5) is 5.69 Å². The van der Waals surface area contributed by atoms with E-state index >= 15 is 0 Å². The Morgan fingerprint density at radius 3 is 2.70 bits per heavy atom. The summed E-state index contributed by atoms with van der Waals surface area (Å²) in [6.45, 7) is 2.10. The van der Waals surface area contributed by atoms with Crippen LogP contribution in [0.1, 0.15) is 17.8 Å². The second-order valence-corrected chi connectivity index (χ2v) is 5.68. The first-order valence-corrected chi connectivity index (χ1v) is 7.32. The number of nitrogens with one attached hydrogen (secondary N) is 1. The number of aromatic amines is 1. The van der Waals surface area contributed by atoms with Crippen LogP contribution in [-0.4, -0.2) is 43.7 Å². The molecule has 0 aliphatic carbocycles. The summed E-state index contributed by atoms with van der Waals surface area (Å²) in [7, 11) is 4.77. The van der Waals surface area contributed by atoms with E-state index in [2.05, 4.69) is 9.97 Å². The number of aromatic nitrogens is 2. The number of amides is 1. The van der Waals surface area contributed by atoms with E-state index in [1.807, 2.05) is 0 Å². The summed E-state index contributed by atoms with van der Waals surface area (Å²) in [5.74, 6) is 0.357. The number of methoxy groups -OCH3 is 2. The number of likely N-dealkylation sites (N-methyl/N-ethyl adjacent to an activating group) is 1. The SMILES string of the molecule is COCCC1(OC)C(=O)N(C)c2cc3c(=O)[nH]c(C)nc3cc21. The molecule has 0 bridgehead atoms. The quantitative estimate of drug-likeness (QED) is 0.912. The molecule has 1 N–H and O–H groups in total. The molecule has 0 fully saturated rings. The van der Waals surface area contributed by atoms with E-state index < -0.39 is 5.60 Å². The number of carbonyl (C=O) groups excluding carboxylic acids is 1. The van der Waals surface area contributed by atoms with Crippen LogP contribution in [0.2, 0.25) is 0 Å². The number of nitrogens with zero attached hydrogens (tertiary/aromatic N) is 2. The molecule has 1 aromatic heterocycles. The third-order valence-corrected chi connectivity index (χ3v) is 4.39. The molecular weight excluding hydrogens is 298 g/mol. The van der Waals surface area contributed by atoms with Crippen LogP contribution in [0.5, 0.6) is 0 Å². The van der Waals surface area contributed by atoms with Gasteiger partial charge in [0.15, 0.2) is 5.60 Å². The molecule has 1 aliphatic rings. The zero-order valence-electron chi connectivity index (χ0n) is 13.6. The fourth-order valence-corrected chi connectivity index (χ4v) is 3.17. The van der Waals surface area contributed by atoms with Gasteiger partial charge in [0.1, 0.15) is 5.82 Å². The van der Waals surface area contributed by atoms with Gasteiger partial charge in [-0.3, -0.25) is 9.59 Å². The van der Waals surface area contributed by atoms with E-state index in [0.717, 1.165) is 5.56 Å². The van der Waals surface area contributed by atoms with Crippen LogP contribution in [0, 0.1) is 6.92 Å². The summed E-state index contributed by atoms with van der Waals surface area (Å²) >= 11 is 0. The number of benzene rings is 1. The van der Waals surface area contributed by atoms with Crippen molar-refractivity contribution in [3.63, 3.8) is 0 Å². The molecule has 2 aromatic rings. The van der Waals surface area contributed by atoms with Crippen molar-refractivity contribution in [2.24, 2.45) is 0 Å². The van der Waals surface area contributed by atoms with Crippen molar-refractivity contribution in [1.29, 1.82) is 0 Å². The van der Waals surface area contributed by atoms with E-state index in [1.165, 1.54) is 12.0 Å². The third kappa shape index (κ3) is 2.15. The van der Waals surface area contributed by atoms with Crippen molar-refractivity contribution < 1.29 is 14.3 Å². The number of ether oxygens (including phenoxy) is 2. The number of hydrogen-bond acceptors (Lipinski definition) is 5. The van der Waals surface area contributed by atoms with Crippen LogP contribution >= 0.6 is 0 Å². The van der Waals surface area contributed by atoms with Crippen LogP contribution in [0.3, 0.4) is 0 Å². The Hall–Kier alpha value is -2.25. The lowest BCUT2D eigenvalue weighted by Crippen LogP contribution is -2.41. The molecule has 1 aliphatic heterocycles. The van der Waals surface area contributed by atoms with Gasteiger partial charge >= 0.3 is 0 Å². The average Bonchev–Trinajstić information content (AvgIpc) is 2.73. The minimum Gasteiger partial charge on any atom is -0.385 e. The Kier molecular flexibility index (Phi) is 3.69. The van der Waals surface area contributed by atoms with E-state index in [4.69, 9.17) is 9.47 Å². The second kappa shape index (κ2) is 5.43. The Morgan fingerprint density at radius 1 is 1.30 bits per heavy atom. The van der Waals surface area contributed by atoms with Crippen LogP contribution in [0.25, 0.3) is 10.9 Å². The van der Waals surface area contributed by atoms with E-state index in [-0.39, 0.29) is 11.5 Å². The first-order chi connectivity index (χ1) is 10.9. The molecule has 7 heteroatoms. The highest BCUT2D eigenvalue weighted by Gasteiger charge is 2.50. The summed E-state index contributed by atoms with van der Waals surface area (Å²) in [6.07, 6.45) is 0.393. The van der Waals surface area contributed by atoms with Gasteiger partial charge in [0.05, 0.1) is 16.6 Å². The van der Waals surface area contributed by atoms with Crippen LogP contribution < -0.4 is 10.5 Å². The van der Waals surface area contributed by atoms with Gasteiger partial charge < -0.3 is 19.4 Å². The Bertz CT molecular complexity index is 845. The molecule has 122 valence electrons. The van der Waals surface area contributed by atoms with Gasteiger partial charge in [-0.15, -0.1) is 0 Å². The summed E-state index contributed by atoms with van der Waals surface area (Å²) in [5, 5.41) is 0.452. The van der Waals surface area contributed by atoms with Gasteiger partial charge in [-0.1, -0.05) is 0 Å². The molecule has 3 rings (SSSR count). The maximum absolute atomic E-state index is 12.8. The van der Waals surface area contributed by atoms with Gasteiger partial charge in [-0.2, -0.15) is 0 Å². The third-order valence-electron chi connectivity index (χ3n) is 4.39. The van der Waals surface area contributed by atoms with Crippen molar-refractivity contribution in [2.45, 2.75) is 18.9 Å². The number of fused-ring (bicyclic) bond motifs is 2. The molecule has 1 unspecified atom stereocenters. The molecule has 0 saturated heterocycles. The molecular formula is C16H19N3O4. The Morgan fingerprint density at radius 2 is 2.04 bits per heavy atom. The predicted molar refractivity (Wildman–Crippen MR) is 85.7 cm³/mol. The summed E-state index contributed by atoms with van der Waals surface area (Å²) in [4.78, 5) is 33.5. The number of hydrogen-bond donors (Lipinski definition) is 1. The summed E-state index contributed by atoms with van der Waals surface area (Å²) in [5.41, 5.74) is 0.605. The normalized spacial score (nSPS) is 20.3. The van der Waals surface area contributed by atoms with Gasteiger partial charge in [0.2, 0.25) is 0 Å². The largest absolute Gasteiger partial charge is 0.385 e. The molecule has 23 heavy (non-hydrogen) atoms. The molecule has 1 aromatic carbocycles. The number of H-pyrrole nitrogens is 1. The van der Waals surface area contributed by atoms with Crippen molar-refractivity contribution in [1.82, 2.24) is 9.97 Å². The van der Waals surface area contributed by atoms with Crippen LogP contribution in [-0.2, 0) is 19.9 Å². The Balaban J connectivity index is 2.30. The van der Waals surface area contributed by atoms with Gasteiger partial charge in [0.25, 0.3) is 11.5 Å². The standard InChI is InChI=1S/C16H19N3O4/c1-9-17-12-8-11-13(7-10(12)14(20)18-9)19(2)15(21)16(11,23-4)5-6-22-3/h7-8H,5-6H2,1-4H3,(H,17,18,20). The van der Waals surface area contributed by atoms with Crippen molar-refractivity contribution in [2.75, 3.05) is 32.8 Å². The average molecular weight is 317 g/mol. The fourth-order valence-electron chi connectivity index (χ4n) is 3.17. The summed E-state index contributed by atoms with van der Waals surface area (Å²) < 4.78 is 10.8. The van der Waals surface area contributed by atoms with Gasteiger partial charge in [-0.25, -0.2) is 4.98 Å². The number of aryl methyl sites for hydroxylation is 1. The fraction of sp³-hybridized carbons (Fsp3) is 0.438. The highest BCUT2D eigenvalue weighted by Crippen LogP contribution is 2.45. The van der Waals surface area contributed by atoms with Crippen molar-refractivity contribution in [3.8, 4) is 0 Å². The summed E-state index contributed by atoms with van der Waals surface area (Å²) in [6, 6.07) is 3.47. The lowest BCUT2D eigenvalue weighted by Gasteiger charge is -2.26. The maximum atomic E-state index is 12.8. The minimum atomic E-state index is -1.10. The van der Waals surface area contributed by atoms with E-state index in [0.29, 0.717) is 35.4 Å². The Labute approximate surface area is 133 Å². The second-order valence-electron chi connectivity index (χ2n) is 5.68. The molecule has 0 radical (unpaired) electrons. The van der Waals surface area contributed by atoms with Gasteiger partial charge in [0, 0.05) is 39.9 Å². The van der Waals surface area contributed by atoms with Gasteiger partial charge in [-0.05, 0) is 19.1 Å². The zero-order chi connectivity index (χ0) is 16.8. The molecule has 1 atom stereocenters. The van der Waals surface area contributed by atoms with E-state index in [9.17, 15) is 9.59 Å². The first-order valence-electron chi connectivity index (χ1n) is 7.32. The van der Waals surface area contributed by atoms with Crippen LogP contribution in [0.15, 0.2) is 16.9 Å². The molecule has 0 saturated carbocycles. The van der Waals surface area contributed by atoms with E-state index in [1.54, 1.807) is 33.2 Å². The zero-order valence-corrected chi connectivity index (χ0v) is 13.6. The van der Waals surface area contributed by atoms with Crippen molar-refractivity contribution >= 4 is 22.5 Å². The smallest absolute Gasteiger partial charge is 0.263 e. The highest BCUT2D eigenvalue weighted by atomic mass is 16.5. The molecule has 2 heterocycles. The number of carbonyl (C=O) groups is 1. The monoisotopic (exact) mass is 317 g/mol. The predicted octanol–water partition coefficient (Wildman–Crippen LogP) is 1.09. The lowest BCUT2D eigenvalue weighted by atomic mass is 9.91. The first kappa shape index (κ1) is 15.6. The molecule has 7 nitrogen and oxygen atoms in total. The molecule has 0 spiro atoms. The maximum Gasteiger partial charge on any atom is 0.263 e. The minimum absolute atomic E-state index is 0.171. The lowest BCUT2D eigenvalue weighted by molar-refractivity contribution is -0.141.